The first-order valence-electron chi connectivity index (χ1n) is 8.81. The molecule has 3 atom stereocenters. The molecule has 24 heavy (non-hydrogen) atoms. The minimum absolute atomic E-state index is 0.0343. The average Bonchev–Trinajstić information content (AvgIpc) is 3.29. The van der Waals surface area contributed by atoms with Gasteiger partial charge in [0.05, 0.1) is 19.1 Å². The number of fused-ring (bicyclic) bond motifs is 2. The number of hydrogen-bond acceptors (Lipinski definition) is 3. The minimum Gasteiger partial charge on any atom is -0.481 e. The van der Waals surface area contributed by atoms with Crippen LogP contribution in [0.5, 0.6) is 0 Å². The van der Waals surface area contributed by atoms with E-state index < -0.39 is 5.97 Å². The first kappa shape index (κ1) is 15.6. The zero-order valence-electron chi connectivity index (χ0n) is 13.7. The molecule has 1 aliphatic heterocycles. The third-order valence-corrected chi connectivity index (χ3v) is 5.85. The third-order valence-electron chi connectivity index (χ3n) is 5.85. The first-order chi connectivity index (χ1) is 11.6. The fraction of sp³-hybridized carbons (Fsp3) is 0.579. The number of aryl methyl sites for hydroxylation is 1. The molecule has 128 valence electrons. The zero-order valence-corrected chi connectivity index (χ0v) is 13.7. The van der Waals surface area contributed by atoms with Gasteiger partial charge in [-0.1, -0.05) is 24.3 Å². The molecular formula is C19H23NO4. The largest absolute Gasteiger partial charge is 0.481 e. The molecule has 0 aromatic heterocycles. The second-order valence-corrected chi connectivity index (χ2v) is 7.30. The molecule has 4 rings (SSSR count). The van der Waals surface area contributed by atoms with Crippen LogP contribution in [0.25, 0.3) is 0 Å². The number of aliphatic carboxylic acids is 1. The van der Waals surface area contributed by atoms with E-state index in [1.165, 1.54) is 11.1 Å². The third kappa shape index (κ3) is 2.61. The van der Waals surface area contributed by atoms with E-state index in [2.05, 4.69) is 24.3 Å². The highest BCUT2D eigenvalue weighted by Gasteiger charge is 2.61. The highest BCUT2D eigenvalue weighted by molar-refractivity contribution is 5.85. The van der Waals surface area contributed by atoms with E-state index in [0.29, 0.717) is 19.7 Å². The van der Waals surface area contributed by atoms with E-state index >= 15 is 0 Å². The van der Waals surface area contributed by atoms with Crippen molar-refractivity contribution in [1.29, 1.82) is 0 Å². The summed E-state index contributed by atoms with van der Waals surface area (Å²) in [5.74, 6) is -0.633. The Labute approximate surface area is 141 Å². The van der Waals surface area contributed by atoms with Crippen molar-refractivity contribution < 1.29 is 19.4 Å². The Morgan fingerprint density at radius 3 is 3.00 bits per heavy atom. The van der Waals surface area contributed by atoms with Crippen LogP contribution in [0.4, 0.5) is 0 Å². The number of carbonyl (C=O) groups excluding carboxylic acids is 1. The van der Waals surface area contributed by atoms with Crippen molar-refractivity contribution in [3.8, 4) is 0 Å². The fourth-order valence-corrected chi connectivity index (χ4v) is 4.61. The summed E-state index contributed by atoms with van der Waals surface area (Å²) in [5, 5.41) is 8.94. The second kappa shape index (κ2) is 5.88. The van der Waals surface area contributed by atoms with Crippen LogP contribution in [0.1, 0.15) is 36.8 Å². The highest BCUT2D eigenvalue weighted by atomic mass is 16.5. The Hall–Kier alpha value is -1.88. The fourth-order valence-electron chi connectivity index (χ4n) is 4.61. The van der Waals surface area contributed by atoms with Crippen molar-refractivity contribution in [2.45, 2.75) is 43.6 Å². The summed E-state index contributed by atoms with van der Waals surface area (Å²) in [6.07, 6.45) is 3.85. The van der Waals surface area contributed by atoms with Crippen LogP contribution < -0.4 is 0 Å². The van der Waals surface area contributed by atoms with Crippen LogP contribution in [0.2, 0.25) is 0 Å². The number of benzene rings is 1. The lowest BCUT2D eigenvalue weighted by Crippen LogP contribution is -2.47. The van der Waals surface area contributed by atoms with Crippen molar-refractivity contribution in [2.24, 2.45) is 5.92 Å². The van der Waals surface area contributed by atoms with Crippen LogP contribution in [0, 0.1) is 5.92 Å². The molecule has 1 saturated heterocycles. The number of carboxylic acid groups (broad SMARTS) is 1. The normalized spacial score (nSPS) is 31.6. The molecule has 3 aliphatic rings. The maximum absolute atomic E-state index is 13.0. The lowest BCUT2D eigenvalue weighted by molar-refractivity contribution is -0.148. The van der Waals surface area contributed by atoms with Gasteiger partial charge in [-0.3, -0.25) is 9.59 Å². The van der Waals surface area contributed by atoms with Gasteiger partial charge in [0.2, 0.25) is 5.91 Å². The van der Waals surface area contributed by atoms with Crippen LogP contribution >= 0.6 is 0 Å². The Balaban J connectivity index is 1.48. The monoisotopic (exact) mass is 329 g/mol. The number of nitrogens with zero attached hydrogens (tertiary/aromatic N) is 1. The lowest BCUT2D eigenvalue weighted by atomic mass is 9.78. The van der Waals surface area contributed by atoms with Gasteiger partial charge in [-0.25, -0.2) is 0 Å². The molecule has 2 aliphatic carbocycles. The van der Waals surface area contributed by atoms with Gasteiger partial charge in [-0.05, 0) is 36.8 Å². The number of carboxylic acids is 1. The molecule has 3 unspecified atom stereocenters. The highest BCUT2D eigenvalue weighted by Crippen LogP contribution is 2.60. The second-order valence-electron chi connectivity index (χ2n) is 7.30. The lowest BCUT2D eigenvalue weighted by Gasteiger charge is -2.34. The summed E-state index contributed by atoms with van der Waals surface area (Å²) in [7, 11) is 0. The van der Waals surface area contributed by atoms with E-state index in [1.807, 2.05) is 4.90 Å². The van der Waals surface area contributed by atoms with Gasteiger partial charge in [0.15, 0.2) is 0 Å². The van der Waals surface area contributed by atoms with Gasteiger partial charge in [0, 0.05) is 24.4 Å². The summed E-state index contributed by atoms with van der Waals surface area (Å²) in [4.78, 5) is 25.7. The Morgan fingerprint density at radius 2 is 2.17 bits per heavy atom. The van der Waals surface area contributed by atoms with Gasteiger partial charge in [0.1, 0.15) is 0 Å². The molecule has 5 nitrogen and oxygen atoms in total. The smallest absolute Gasteiger partial charge is 0.306 e. The molecule has 1 aromatic rings. The van der Waals surface area contributed by atoms with Gasteiger partial charge < -0.3 is 14.7 Å². The summed E-state index contributed by atoms with van der Waals surface area (Å²) in [6, 6.07) is 8.53. The quantitative estimate of drug-likeness (QED) is 0.921. The average molecular weight is 329 g/mol. The number of morpholine rings is 1. The van der Waals surface area contributed by atoms with E-state index in [4.69, 9.17) is 9.84 Å². The Morgan fingerprint density at radius 1 is 1.33 bits per heavy atom. The molecule has 1 saturated carbocycles. The molecule has 2 fully saturated rings. The summed E-state index contributed by atoms with van der Waals surface area (Å²) >= 11 is 0. The van der Waals surface area contributed by atoms with Crippen LogP contribution in [0.15, 0.2) is 24.3 Å². The molecule has 1 N–H and O–H groups in total. The van der Waals surface area contributed by atoms with Crippen LogP contribution in [-0.2, 0) is 26.2 Å². The van der Waals surface area contributed by atoms with Gasteiger partial charge >= 0.3 is 5.97 Å². The van der Waals surface area contributed by atoms with Gasteiger partial charge in [-0.15, -0.1) is 0 Å². The van der Waals surface area contributed by atoms with Gasteiger partial charge in [-0.2, -0.15) is 0 Å². The minimum atomic E-state index is -0.876. The Kier molecular flexibility index (Phi) is 3.83. The van der Waals surface area contributed by atoms with Crippen LogP contribution in [-0.4, -0.2) is 47.7 Å². The topological polar surface area (TPSA) is 66.8 Å². The standard InChI is InChI=1S/C19H23NO4/c21-17(22)10-14-12-20(8-9-24-14)18(23)16-11-19(16)7-3-5-13-4-1-2-6-15(13)19/h1-2,4,6,14,16H,3,5,7-12H2,(H,21,22). The SMILES string of the molecule is O=C(O)CC1CN(C(=O)C2CC23CCCc2ccccc23)CCO1. The molecule has 1 spiro atoms. The summed E-state index contributed by atoms with van der Waals surface area (Å²) in [6.45, 7) is 1.41. The number of carbonyl (C=O) groups is 2. The van der Waals surface area contributed by atoms with Crippen molar-refractivity contribution in [2.75, 3.05) is 19.7 Å². The predicted molar refractivity (Wildman–Crippen MR) is 87.7 cm³/mol. The Bertz CT molecular complexity index is 673. The van der Waals surface area contributed by atoms with E-state index in [9.17, 15) is 9.59 Å². The number of rotatable bonds is 3. The van der Waals surface area contributed by atoms with Crippen molar-refractivity contribution >= 4 is 11.9 Å². The van der Waals surface area contributed by atoms with Gasteiger partial charge in [0.25, 0.3) is 0 Å². The molecule has 0 radical (unpaired) electrons. The maximum Gasteiger partial charge on any atom is 0.306 e. The van der Waals surface area contributed by atoms with E-state index in [0.717, 1.165) is 25.7 Å². The van der Waals surface area contributed by atoms with E-state index in [1.54, 1.807) is 0 Å². The van der Waals surface area contributed by atoms with E-state index in [-0.39, 0.29) is 29.8 Å². The molecule has 1 heterocycles. The first-order valence-corrected chi connectivity index (χ1v) is 8.81. The molecular weight excluding hydrogens is 306 g/mol. The maximum atomic E-state index is 13.0. The van der Waals surface area contributed by atoms with Crippen molar-refractivity contribution in [3.63, 3.8) is 0 Å². The molecule has 1 aromatic carbocycles. The van der Waals surface area contributed by atoms with Crippen LogP contribution in [0.3, 0.4) is 0 Å². The number of hydrogen-bond donors (Lipinski definition) is 1. The zero-order chi connectivity index (χ0) is 16.7. The summed E-state index contributed by atoms with van der Waals surface area (Å²) < 4.78 is 5.49. The molecule has 1 amide bonds. The number of ether oxygens (including phenoxy) is 1. The summed E-state index contributed by atoms with van der Waals surface area (Å²) in [5.41, 5.74) is 2.79. The van der Waals surface area contributed by atoms with Crippen molar-refractivity contribution in [1.82, 2.24) is 4.90 Å². The number of amides is 1. The molecule has 0 bridgehead atoms. The molecule has 5 heteroatoms. The predicted octanol–water partition coefficient (Wildman–Crippen LogP) is 1.98. The van der Waals surface area contributed by atoms with Crippen molar-refractivity contribution in [3.05, 3.63) is 35.4 Å².